The van der Waals surface area contributed by atoms with Crippen LogP contribution in [-0.2, 0) is 4.79 Å². The monoisotopic (exact) mass is 477 g/mol. The van der Waals surface area contributed by atoms with Crippen LogP contribution < -0.4 is 4.90 Å². The number of nitrogens with zero attached hydrogens (tertiary/aromatic N) is 3. The van der Waals surface area contributed by atoms with Crippen LogP contribution in [0.25, 0.3) is 16.9 Å². The molecule has 3 heterocycles. The molecular weight excluding hydrogens is 448 g/mol. The van der Waals surface area contributed by atoms with E-state index >= 15 is 0 Å². The molecule has 1 aromatic heterocycles. The van der Waals surface area contributed by atoms with Gasteiger partial charge in [0.25, 0.3) is 0 Å². The minimum absolute atomic E-state index is 0.000279. The number of halogens is 2. The number of para-hydroxylation sites is 1. The fraction of sp³-hybridized carbons (Fsp3) is 0.357. The summed E-state index contributed by atoms with van der Waals surface area (Å²) in [6, 6.07) is 9.40. The smallest absolute Gasteiger partial charge is 0.231 e. The molecule has 7 heteroatoms. The van der Waals surface area contributed by atoms with Crippen LogP contribution in [0.3, 0.4) is 0 Å². The van der Waals surface area contributed by atoms with Gasteiger partial charge in [0.2, 0.25) is 5.91 Å². The van der Waals surface area contributed by atoms with Gasteiger partial charge in [0.05, 0.1) is 11.3 Å². The molecule has 5 nitrogen and oxygen atoms in total. The van der Waals surface area contributed by atoms with E-state index in [4.69, 9.17) is 9.40 Å². The highest BCUT2D eigenvalue weighted by molar-refractivity contribution is 6.01. The second kappa shape index (κ2) is 9.38. The zero-order valence-electron chi connectivity index (χ0n) is 20.3. The van der Waals surface area contributed by atoms with Crippen molar-refractivity contribution in [2.75, 3.05) is 25.0 Å². The van der Waals surface area contributed by atoms with Crippen LogP contribution in [0.2, 0.25) is 0 Å². The standard InChI is InChI=1S/C28H29F2N3O2/c1-17-5-4-6-18(2)26(17)33-16-20(7-10-24(33)34)25-27(22-9-8-21(29)15-23(22)30)35-28(31-25)19-11-13-32(3)14-12-19/h4-6,8-9,15-16,19H,7,10-14H2,1-3H3. The minimum Gasteiger partial charge on any atom is -0.440 e. The van der Waals surface area contributed by atoms with Crippen molar-refractivity contribution in [1.29, 1.82) is 0 Å². The van der Waals surface area contributed by atoms with Crippen molar-refractivity contribution in [2.24, 2.45) is 0 Å². The molecule has 0 spiro atoms. The highest BCUT2D eigenvalue weighted by Gasteiger charge is 2.31. The van der Waals surface area contributed by atoms with Crippen molar-refractivity contribution in [3.05, 3.63) is 76.9 Å². The first-order valence-corrected chi connectivity index (χ1v) is 12.1. The number of amides is 1. The normalized spacial score (nSPS) is 17.7. The zero-order valence-corrected chi connectivity index (χ0v) is 20.3. The summed E-state index contributed by atoms with van der Waals surface area (Å²) in [6.07, 6.45) is 4.38. The molecule has 2 aromatic carbocycles. The number of aromatic nitrogens is 1. The maximum atomic E-state index is 14.9. The first-order chi connectivity index (χ1) is 16.8. The molecule has 182 valence electrons. The van der Waals surface area contributed by atoms with E-state index in [1.54, 1.807) is 4.90 Å². The summed E-state index contributed by atoms with van der Waals surface area (Å²) < 4.78 is 34.8. The van der Waals surface area contributed by atoms with Gasteiger partial charge in [-0.15, -0.1) is 0 Å². The third-order valence-corrected chi connectivity index (χ3v) is 7.03. The van der Waals surface area contributed by atoms with Gasteiger partial charge in [0.1, 0.15) is 17.3 Å². The fourth-order valence-electron chi connectivity index (χ4n) is 5.05. The van der Waals surface area contributed by atoms with Crippen molar-refractivity contribution >= 4 is 17.2 Å². The highest BCUT2D eigenvalue weighted by atomic mass is 19.1. The van der Waals surface area contributed by atoms with Gasteiger partial charge in [0.15, 0.2) is 11.7 Å². The quantitative estimate of drug-likeness (QED) is 0.448. The van der Waals surface area contributed by atoms with Gasteiger partial charge < -0.3 is 9.32 Å². The second-order valence-electron chi connectivity index (χ2n) is 9.59. The number of allylic oxidation sites excluding steroid dienone is 1. The van der Waals surface area contributed by atoms with E-state index in [0.717, 1.165) is 54.4 Å². The number of rotatable bonds is 4. The molecule has 0 unspecified atom stereocenters. The number of aryl methyl sites for hydroxylation is 2. The number of anilines is 1. The summed E-state index contributed by atoms with van der Waals surface area (Å²) in [5.74, 6) is -0.355. The second-order valence-corrected chi connectivity index (χ2v) is 9.59. The summed E-state index contributed by atoms with van der Waals surface area (Å²) in [6.45, 7) is 5.82. The molecule has 1 saturated heterocycles. The van der Waals surface area contributed by atoms with E-state index < -0.39 is 11.6 Å². The van der Waals surface area contributed by atoms with Crippen LogP contribution in [-0.4, -0.2) is 35.9 Å². The van der Waals surface area contributed by atoms with Gasteiger partial charge in [0, 0.05) is 24.6 Å². The van der Waals surface area contributed by atoms with Crippen molar-refractivity contribution < 1.29 is 18.0 Å². The molecule has 2 aliphatic rings. The van der Waals surface area contributed by atoms with E-state index in [0.29, 0.717) is 30.2 Å². The van der Waals surface area contributed by atoms with Crippen molar-refractivity contribution in [3.8, 4) is 11.3 Å². The lowest BCUT2D eigenvalue weighted by Crippen LogP contribution is -2.30. The average Bonchev–Trinajstić information content (AvgIpc) is 3.25. The maximum absolute atomic E-state index is 14.9. The van der Waals surface area contributed by atoms with Crippen LogP contribution >= 0.6 is 0 Å². The van der Waals surface area contributed by atoms with Gasteiger partial charge in [-0.2, -0.15) is 0 Å². The molecule has 35 heavy (non-hydrogen) atoms. The Labute approximate surface area is 204 Å². The number of benzene rings is 2. The van der Waals surface area contributed by atoms with Gasteiger partial charge in [-0.3, -0.25) is 9.69 Å². The fourth-order valence-corrected chi connectivity index (χ4v) is 5.05. The third kappa shape index (κ3) is 4.52. The molecule has 3 aromatic rings. The zero-order chi connectivity index (χ0) is 24.7. The molecule has 0 radical (unpaired) electrons. The molecular formula is C28H29F2N3O2. The average molecular weight is 478 g/mol. The number of hydrogen-bond acceptors (Lipinski definition) is 4. The van der Waals surface area contributed by atoms with Crippen molar-refractivity contribution in [3.63, 3.8) is 0 Å². The molecule has 0 bridgehead atoms. The molecule has 5 rings (SSSR count). The maximum Gasteiger partial charge on any atom is 0.231 e. The first kappa shape index (κ1) is 23.4. The lowest BCUT2D eigenvalue weighted by molar-refractivity contribution is -0.118. The Morgan fingerprint density at radius 3 is 2.43 bits per heavy atom. The Bertz CT molecular complexity index is 1290. The van der Waals surface area contributed by atoms with Gasteiger partial charge >= 0.3 is 0 Å². The summed E-state index contributed by atoms with van der Waals surface area (Å²) >= 11 is 0. The van der Waals surface area contributed by atoms with E-state index in [1.165, 1.54) is 12.1 Å². The predicted octanol–water partition coefficient (Wildman–Crippen LogP) is 6.21. The Balaban J connectivity index is 1.62. The minimum atomic E-state index is -0.698. The van der Waals surface area contributed by atoms with E-state index in [1.807, 2.05) is 38.2 Å². The number of piperidine rings is 1. The summed E-state index contributed by atoms with van der Waals surface area (Å²) in [7, 11) is 2.09. The first-order valence-electron chi connectivity index (χ1n) is 12.1. The predicted molar refractivity (Wildman–Crippen MR) is 132 cm³/mol. The van der Waals surface area contributed by atoms with Gasteiger partial charge in [-0.1, -0.05) is 18.2 Å². The lowest BCUT2D eigenvalue weighted by Gasteiger charge is -2.27. The Morgan fingerprint density at radius 1 is 1.03 bits per heavy atom. The number of likely N-dealkylation sites (tertiary alicyclic amines) is 1. The van der Waals surface area contributed by atoms with Gasteiger partial charge in [-0.25, -0.2) is 13.8 Å². The molecule has 1 fully saturated rings. The van der Waals surface area contributed by atoms with Crippen LogP contribution in [0.1, 0.15) is 54.3 Å². The number of hydrogen-bond donors (Lipinski definition) is 0. The molecule has 0 aliphatic carbocycles. The number of carbonyl (C=O) groups is 1. The molecule has 2 aliphatic heterocycles. The number of carbonyl (C=O) groups excluding carboxylic acids is 1. The molecule has 0 N–H and O–H groups in total. The molecule has 1 amide bonds. The lowest BCUT2D eigenvalue weighted by atomic mass is 9.97. The van der Waals surface area contributed by atoms with Crippen LogP contribution in [0, 0.1) is 25.5 Å². The van der Waals surface area contributed by atoms with Crippen molar-refractivity contribution in [2.45, 2.75) is 45.4 Å². The van der Waals surface area contributed by atoms with Crippen LogP contribution in [0.5, 0.6) is 0 Å². The van der Waals surface area contributed by atoms with Crippen LogP contribution in [0.15, 0.2) is 47.0 Å². The summed E-state index contributed by atoms with van der Waals surface area (Å²) in [5.41, 5.74) is 4.33. The van der Waals surface area contributed by atoms with Crippen LogP contribution in [0.4, 0.5) is 14.5 Å². The third-order valence-electron chi connectivity index (χ3n) is 7.03. The topological polar surface area (TPSA) is 49.6 Å². The molecule has 0 atom stereocenters. The van der Waals surface area contributed by atoms with E-state index in [2.05, 4.69) is 11.9 Å². The van der Waals surface area contributed by atoms with E-state index in [-0.39, 0.29) is 17.4 Å². The largest absolute Gasteiger partial charge is 0.440 e. The summed E-state index contributed by atoms with van der Waals surface area (Å²) in [4.78, 5) is 21.7. The Morgan fingerprint density at radius 2 is 1.74 bits per heavy atom. The SMILES string of the molecule is Cc1cccc(C)c1N1C=C(c2nc(C3CCN(C)CC3)oc2-c2ccc(F)cc2F)CCC1=O. The summed E-state index contributed by atoms with van der Waals surface area (Å²) in [5, 5.41) is 0. The highest BCUT2D eigenvalue weighted by Crippen LogP contribution is 2.40. The van der Waals surface area contributed by atoms with Crippen molar-refractivity contribution in [1.82, 2.24) is 9.88 Å². The number of oxazole rings is 1. The Hall–Kier alpha value is -3.32. The molecule has 0 saturated carbocycles. The van der Waals surface area contributed by atoms with Gasteiger partial charge in [-0.05, 0) is 82.1 Å². The Kier molecular flexibility index (Phi) is 6.28. The van der Waals surface area contributed by atoms with E-state index in [9.17, 15) is 13.6 Å².